The molecule has 0 N–H and O–H groups in total. The van der Waals surface area contributed by atoms with E-state index in [9.17, 15) is 4.79 Å². The van der Waals surface area contributed by atoms with Crippen molar-refractivity contribution in [1.82, 2.24) is 15.0 Å². The minimum Gasteiger partial charge on any atom is -0.497 e. The number of hydrogen-bond donors (Lipinski definition) is 0. The Morgan fingerprint density at radius 3 is 2.64 bits per heavy atom. The highest BCUT2D eigenvalue weighted by atomic mass is 16.5. The van der Waals surface area contributed by atoms with Gasteiger partial charge in [-0.05, 0) is 61.4 Å². The number of benzene rings is 2. The third kappa shape index (κ3) is 3.32. The van der Waals surface area contributed by atoms with Crippen LogP contribution >= 0.6 is 0 Å². The van der Waals surface area contributed by atoms with Gasteiger partial charge in [-0.2, -0.15) is 10.2 Å². The third-order valence-corrected chi connectivity index (χ3v) is 4.85. The lowest BCUT2D eigenvalue weighted by molar-refractivity contribution is 0.0710. The highest BCUT2D eigenvalue weighted by molar-refractivity contribution is 5.94. The van der Waals surface area contributed by atoms with Crippen LogP contribution in [0.1, 0.15) is 40.7 Å². The number of aromatic nitrogens is 2. The van der Waals surface area contributed by atoms with Crippen molar-refractivity contribution in [1.29, 1.82) is 5.26 Å². The Morgan fingerprint density at radius 1 is 1.21 bits per heavy atom. The molecule has 140 valence electrons. The van der Waals surface area contributed by atoms with E-state index in [2.05, 4.69) is 16.2 Å². The number of hydrogen-bond acceptors (Lipinski definition) is 6. The molecule has 4 rings (SSSR count). The molecule has 1 aliphatic heterocycles. The van der Waals surface area contributed by atoms with Crippen molar-refractivity contribution >= 4 is 5.91 Å². The summed E-state index contributed by atoms with van der Waals surface area (Å²) in [4.78, 5) is 19.2. The van der Waals surface area contributed by atoms with E-state index in [1.54, 1.807) is 36.3 Å². The summed E-state index contributed by atoms with van der Waals surface area (Å²) in [5.41, 5.74) is 1.88. The molecule has 1 aliphatic rings. The van der Waals surface area contributed by atoms with Crippen molar-refractivity contribution in [2.75, 3.05) is 13.7 Å². The highest BCUT2D eigenvalue weighted by Gasteiger charge is 2.34. The number of ether oxygens (including phenoxy) is 1. The largest absolute Gasteiger partial charge is 0.497 e. The second kappa shape index (κ2) is 7.53. The summed E-state index contributed by atoms with van der Waals surface area (Å²) in [5.74, 6) is 1.57. The maximum atomic E-state index is 12.9. The van der Waals surface area contributed by atoms with Crippen molar-refractivity contribution in [3.63, 3.8) is 0 Å². The first-order valence-corrected chi connectivity index (χ1v) is 8.99. The number of amides is 1. The van der Waals surface area contributed by atoms with Crippen LogP contribution in [0.5, 0.6) is 5.75 Å². The average Bonchev–Trinajstić information content (AvgIpc) is 3.43. The van der Waals surface area contributed by atoms with Gasteiger partial charge in [0.2, 0.25) is 11.7 Å². The minimum absolute atomic E-state index is 0.101. The number of carbonyl (C=O) groups is 1. The van der Waals surface area contributed by atoms with Crippen molar-refractivity contribution < 1.29 is 14.1 Å². The first kappa shape index (κ1) is 17.7. The van der Waals surface area contributed by atoms with Gasteiger partial charge < -0.3 is 14.2 Å². The van der Waals surface area contributed by atoms with Gasteiger partial charge in [0.15, 0.2) is 0 Å². The topological polar surface area (TPSA) is 92.3 Å². The molecule has 1 saturated heterocycles. The van der Waals surface area contributed by atoms with Crippen LogP contribution in [-0.2, 0) is 0 Å². The molecule has 1 amide bonds. The predicted molar refractivity (Wildman–Crippen MR) is 100 cm³/mol. The van der Waals surface area contributed by atoms with Gasteiger partial charge in [0.25, 0.3) is 5.91 Å². The number of likely N-dealkylation sites (tertiary alicyclic amines) is 1. The molecule has 0 aliphatic carbocycles. The standard InChI is InChI=1S/C21H18N4O3/c1-27-17-10-8-15(9-11-17)19-23-20(28-24-19)18-3-2-12-25(18)21(26)16-6-4-14(13-22)5-7-16/h4-11,18H,2-3,12H2,1H3/t18-/m1/s1. The molecular weight excluding hydrogens is 356 g/mol. The lowest BCUT2D eigenvalue weighted by atomic mass is 10.1. The first-order valence-electron chi connectivity index (χ1n) is 8.99. The van der Waals surface area contributed by atoms with E-state index in [-0.39, 0.29) is 11.9 Å². The van der Waals surface area contributed by atoms with E-state index >= 15 is 0 Å². The number of carbonyl (C=O) groups excluding carboxylic acids is 1. The van der Waals surface area contributed by atoms with E-state index in [1.807, 2.05) is 24.3 Å². The summed E-state index contributed by atoms with van der Waals surface area (Å²) in [6, 6.07) is 15.8. The monoisotopic (exact) mass is 374 g/mol. The van der Waals surface area contributed by atoms with Crippen LogP contribution in [0.15, 0.2) is 53.1 Å². The molecule has 1 fully saturated rings. The Morgan fingerprint density at radius 2 is 1.96 bits per heavy atom. The van der Waals surface area contributed by atoms with E-state index < -0.39 is 0 Å². The van der Waals surface area contributed by atoms with Gasteiger partial charge in [0.1, 0.15) is 11.8 Å². The number of rotatable bonds is 4. The molecule has 0 bridgehead atoms. The maximum absolute atomic E-state index is 12.9. The second-order valence-electron chi connectivity index (χ2n) is 6.53. The maximum Gasteiger partial charge on any atom is 0.254 e. The summed E-state index contributed by atoms with van der Waals surface area (Å²) >= 11 is 0. The summed E-state index contributed by atoms with van der Waals surface area (Å²) in [6.45, 7) is 0.629. The van der Waals surface area contributed by atoms with Crippen molar-refractivity contribution in [2.24, 2.45) is 0 Å². The number of nitrogens with zero attached hydrogens (tertiary/aromatic N) is 4. The van der Waals surface area contributed by atoms with E-state index in [0.717, 1.165) is 24.2 Å². The second-order valence-corrected chi connectivity index (χ2v) is 6.53. The zero-order valence-corrected chi connectivity index (χ0v) is 15.3. The molecule has 1 atom stereocenters. The molecule has 0 spiro atoms. The molecule has 7 nitrogen and oxygen atoms in total. The SMILES string of the molecule is COc1ccc(-c2noc([C@H]3CCCN3C(=O)c3ccc(C#N)cc3)n2)cc1. The quantitative estimate of drug-likeness (QED) is 0.693. The fraction of sp³-hybridized carbons (Fsp3) is 0.238. The van der Waals surface area contributed by atoms with Gasteiger partial charge in [-0.15, -0.1) is 0 Å². The van der Waals surface area contributed by atoms with Crippen molar-refractivity contribution in [3.8, 4) is 23.2 Å². The molecule has 7 heteroatoms. The van der Waals surface area contributed by atoms with E-state index in [1.165, 1.54) is 0 Å². The molecule has 0 saturated carbocycles. The van der Waals surface area contributed by atoms with Crippen LogP contribution in [0.2, 0.25) is 0 Å². The molecule has 0 unspecified atom stereocenters. The predicted octanol–water partition coefficient (Wildman–Crippen LogP) is 3.59. The van der Waals surface area contributed by atoms with Gasteiger partial charge in [-0.3, -0.25) is 4.79 Å². The Hall–Kier alpha value is -3.66. The van der Waals surface area contributed by atoms with Gasteiger partial charge >= 0.3 is 0 Å². The Labute approximate surface area is 162 Å². The Balaban J connectivity index is 1.55. The molecule has 2 heterocycles. The van der Waals surface area contributed by atoms with E-state index in [0.29, 0.717) is 29.4 Å². The fourth-order valence-electron chi connectivity index (χ4n) is 3.35. The van der Waals surface area contributed by atoms with Crippen LogP contribution in [0.4, 0.5) is 0 Å². The third-order valence-electron chi connectivity index (χ3n) is 4.85. The van der Waals surface area contributed by atoms with Crippen LogP contribution in [-0.4, -0.2) is 34.6 Å². The smallest absolute Gasteiger partial charge is 0.254 e. The molecular formula is C21H18N4O3. The summed E-state index contributed by atoms with van der Waals surface area (Å²) < 4.78 is 10.6. The van der Waals surface area contributed by atoms with E-state index in [4.69, 9.17) is 14.5 Å². The van der Waals surface area contributed by atoms with Gasteiger partial charge in [-0.25, -0.2) is 0 Å². The van der Waals surface area contributed by atoms with Crippen LogP contribution in [0.3, 0.4) is 0 Å². The first-order chi connectivity index (χ1) is 13.7. The molecule has 2 aromatic carbocycles. The van der Waals surface area contributed by atoms with Crippen LogP contribution in [0, 0.1) is 11.3 Å². The molecule has 0 radical (unpaired) electrons. The van der Waals surface area contributed by atoms with Gasteiger partial charge in [0.05, 0.1) is 18.7 Å². The zero-order valence-electron chi connectivity index (χ0n) is 15.3. The van der Waals surface area contributed by atoms with Gasteiger partial charge in [-0.1, -0.05) is 5.16 Å². The van der Waals surface area contributed by atoms with Crippen LogP contribution < -0.4 is 4.74 Å². The molecule has 3 aromatic rings. The average molecular weight is 374 g/mol. The summed E-state index contributed by atoms with van der Waals surface area (Å²) in [6.07, 6.45) is 1.64. The Kier molecular flexibility index (Phi) is 4.77. The summed E-state index contributed by atoms with van der Waals surface area (Å²) in [5, 5.41) is 13.0. The normalized spacial score (nSPS) is 16.0. The number of nitriles is 1. The van der Waals surface area contributed by atoms with Crippen molar-refractivity contribution in [3.05, 3.63) is 65.5 Å². The highest BCUT2D eigenvalue weighted by Crippen LogP contribution is 2.33. The fourth-order valence-corrected chi connectivity index (χ4v) is 3.35. The lowest BCUT2D eigenvalue weighted by Crippen LogP contribution is -2.30. The Bertz CT molecular complexity index is 1020. The zero-order chi connectivity index (χ0) is 19.5. The van der Waals surface area contributed by atoms with Crippen LogP contribution in [0.25, 0.3) is 11.4 Å². The minimum atomic E-state index is -0.248. The molecule has 1 aromatic heterocycles. The van der Waals surface area contributed by atoms with Crippen molar-refractivity contribution in [2.45, 2.75) is 18.9 Å². The summed E-state index contributed by atoms with van der Waals surface area (Å²) in [7, 11) is 1.61. The lowest BCUT2D eigenvalue weighted by Gasteiger charge is -2.21. The number of methoxy groups -OCH3 is 1. The van der Waals surface area contributed by atoms with Gasteiger partial charge in [0, 0.05) is 17.7 Å². The molecule has 28 heavy (non-hydrogen) atoms.